The van der Waals surface area contributed by atoms with Gasteiger partial charge in [-0.1, -0.05) is 19.1 Å². The Kier molecular flexibility index (Phi) is 5.63. The van der Waals surface area contributed by atoms with Crippen LogP contribution in [0.4, 0.5) is 4.39 Å². The van der Waals surface area contributed by atoms with E-state index in [9.17, 15) is 9.18 Å². The topological polar surface area (TPSA) is 49.3 Å². The molecule has 0 fully saturated rings. The molecule has 3 nitrogen and oxygen atoms in total. The summed E-state index contributed by atoms with van der Waals surface area (Å²) in [6.07, 6.45) is 1.40. The van der Waals surface area contributed by atoms with Crippen LogP contribution < -0.4 is 5.32 Å². The van der Waals surface area contributed by atoms with E-state index in [1.807, 2.05) is 6.92 Å². The van der Waals surface area contributed by atoms with E-state index in [4.69, 9.17) is 5.11 Å². The molecular formula is C13H18FNO2. The Balaban J connectivity index is 2.24. The molecule has 0 saturated heterocycles. The van der Waals surface area contributed by atoms with Gasteiger partial charge in [-0.05, 0) is 37.1 Å². The number of carboxylic acids is 1. The lowest BCUT2D eigenvalue weighted by Crippen LogP contribution is -2.29. The number of benzene rings is 1. The molecule has 0 spiro atoms. The summed E-state index contributed by atoms with van der Waals surface area (Å²) in [5.41, 5.74) is 1.04. The Bertz CT molecular complexity index is 351. The van der Waals surface area contributed by atoms with E-state index in [1.165, 1.54) is 12.1 Å². The Morgan fingerprint density at radius 3 is 2.59 bits per heavy atom. The maximum absolute atomic E-state index is 12.6. The average Bonchev–Trinajstić information content (AvgIpc) is 2.31. The first kappa shape index (κ1) is 13.6. The Morgan fingerprint density at radius 2 is 2.06 bits per heavy atom. The predicted octanol–water partition coefficient (Wildman–Crippen LogP) is 2.07. The summed E-state index contributed by atoms with van der Waals surface area (Å²) in [7, 11) is 0. The van der Waals surface area contributed by atoms with Gasteiger partial charge in [0.15, 0.2) is 0 Å². The molecule has 1 atom stereocenters. The highest BCUT2D eigenvalue weighted by Gasteiger charge is 2.13. The molecule has 1 aromatic carbocycles. The average molecular weight is 239 g/mol. The summed E-state index contributed by atoms with van der Waals surface area (Å²) in [5.74, 6) is -1.33. The Hall–Kier alpha value is -1.42. The van der Waals surface area contributed by atoms with Crippen molar-refractivity contribution >= 4 is 5.97 Å². The SMILES string of the molecule is CCC(CNCCc1ccc(F)cc1)C(=O)O. The van der Waals surface area contributed by atoms with E-state index >= 15 is 0 Å². The van der Waals surface area contributed by atoms with Crippen molar-refractivity contribution in [1.29, 1.82) is 0 Å². The molecule has 0 aromatic heterocycles. The van der Waals surface area contributed by atoms with Gasteiger partial charge in [0.2, 0.25) is 0 Å². The quantitative estimate of drug-likeness (QED) is 0.716. The van der Waals surface area contributed by atoms with Gasteiger partial charge in [0.05, 0.1) is 5.92 Å². The van der Waals surface area contributed by atoms with Gasteiger partial charge in [-0.3, -0.25) is 4.79 Å². The van der Waals surface area contributed by atoms with Gasteiger partial charge in [-0.2, -0.15) is 0 Å². The second kappa shape index (κ2) is 7.01. The molecule has 1 unspecified atom stereocenters. The molecule has 0 amide bonds. The molecule has 1 aromatic rings. The third-order valence-corrected chi connectivity index (χ3v) is 2.74. The van der Waals surface area contributed by atoms with E-state index in [-0.39, 0.29) is 11.7 Å². The van der Waals surface area contributed by atoms with Gasteiger partial charge in [-0.25, -0.2) is 4.39 Å². The minimum atomic E-state index is -0.762. The molecule has 0 aliphatic rings. The monoisotopic (exact) mass is 239 g/mol. The predicted molar refractivity (Wildman–Crippen MR) is 64.4 cm³/mol. The molecule has 2 N–H and O–H groups in total. The van der Waals surface area contributed by atoms with Gasteiger partial charge in [0.1, 0.15) is 5.82 Å². The minimum Gasteiger partial charge on any atom is -0.481 e. The summed E-state index contributed by atoms with van der Waals surface area (Å²) >= 11 is 0. The maximum Gasteiger partial charge on any atom is 0.307 e. The van der Waals surface area contributed by atoms with E-state index in [0.29, 0.717) is 19.5 Å². The van der Waals surface area contributed by atoms with E-state index < -0.39 is 5.97 Å². The second-order valence-electron chi connectivity index (χ2n) is 4.02. The number of hydrogen-bond acceptors (Lipinski definition) is 2. The molecule has 1 rings (SSSR count). The molecule has 0 radical (unpaired) electrons. The molecule has 0 aliphatic heterocycles. The van der Waals surface area contributed by atoms with Crippen LogP contribution >= 0.6 is 0 Å². The number of aliphatic carboxylic acids is 1. The standard InChI is InChI=1S/C13H18FNO2/c1-2-11(13(16)17)9-15-8-7-10-3-5-12(14)6-4-10/h3-6,11,15H,2,7-9H2,1H3,(H,16,17). The van der Waals surface area contributed by atoms with Crippen molar-refractivity contribution < 1.29 is 14.3 Å². The van der Waals surface area contributed by atoms with Crippen molar-refractivity contribution in [3.8, 4) is 0 Å². The van der Waals surface area contributed by atoms with Gasteiger partial charge >= 0.3 is 5.97 Å². The highest BCUT2D eigenvalue weighted by molar-refractivity contribution is 5.70. The molecule has 4 heteroatoms. The number of halogens is 1. The molecule has 0 heterocycles. The van der Waals surface area contributed by atoms with Crippen LogP contribution in [0.5, 0.6) is 0 Å². The Morgan fingerprint density at radius 1 is 1.41 bits per heavy atom. The largest absolute Gasteiger partial charge is 0.481 e. The van der Waals surface area contributed by atoms with Crippen molar-refractivity contribution in [3.05, 3.63) is 35.6 Å². The first-order chi connectivity index (χ1) is 8.13. The lowest BCUT2D eigenvalue weighted by molar-refractivity contribution is -0.141. The molecule has 17 heavy (non-hydrogen) atoms. The molecule has 0 aliphatic carbocycles. The van der Waals surface area contributed by atoms with E-state index in [0.717, 1.165) is 12.0 Å². The lowest BCUT2D eigenvalue weighted by atomic mass is 10.1. The zero-order chi connectivity index (χ0) is 12.7. The number of carboxylic acid groups (broad SMARTS) is 1. The van der Waals surface area contributed by atoms with Crippen LogP contribution in [-0.2, 0) is 11.2 Å². The van der Waals surface area contributed by atoms with Crippen LogP contribution in [-0.4, -0.2) is 24.2 Å². The van der Waals surface area contributed by atoms with E-state index in [2.05, 4.69) is 5.32 Å². The van der Waals surface area contributed by atoms with Crippen LogP contribution in [0.2, 0.25) is 0 Å². The van der Waals surface area contributed by atoms with Crippen LogP contribution in [0.1, 0.15) is 18.9 Å². The van der Waals surface area contributed by atoms with Crippen molar-refractivity contribution in [3.63, 3.8) is 0 Å². The maximum atomic E-state index is 12.6. The summed E-state index contributed by atoms with van der Waals surface area (Å²) < 4.78 is 12.6. The van der Waals surface area contributed by atoms with Gasteiger partial charge in [0.25, 0.3) is 0 Å². The van der Waals surface area contributed by atoms with Crippen molar-refractivity contribution in [2.75, 3.05) is 13.1 Å². The molecular weight excluding hydrogens is 221 g/mol. The fourth-order valence-corrected chi connectivity index (χ4v) is 1.57. The van der Waals surface area contributed by atoms with Gasteiger partial charge < -0.3 is 10.4 Å². The zero-order valence-corrected chi connectivity index (χ0v) is 9.95. The minimum absolute atomic E-state index is 0.237. The fourth-order valence-electron chi connectivity index (χ4n) is 1.57. The summed E-state index contributed by atoms with van der Waals surface area (Å²) in [6.45, 7) is 3.04. The third kappa shape index (κ3) is 4.95. The third-order valence-electron chi connectivity index (χ3n) is 2.74. The first-order valence-corrected chi connectivity index (χ1v) is 5.81. The second-order valence-corrected chi connectivity index (χ2v) is 4.02. The summed E-state index contributed by atoms with van der Waals surface area (Å²) in [5, 5.41) is 11.9. The molecule has 94 valence electrons. The van der Waals surface area contributed by atoms with Crippen molar-refractivity contribution in [2.45, 2.75) is 19.8 Å². The molecule has 0 bridgehead atoms. The lowest BCUT2D eigenvalue weighted by Gasteiger charge is -2.10. The Labute approximate surface area is 101 Å². The summed E-state index contributed by atoms with van der Waals surface area (Å²) in [4.78, 5) is 10.8. The van der Waals surface area contributed by atoms with Gasteiger partial charge in [-0.15, -0.1) is 0 Å². The smallest absolute Gasteiger partial charge is 0.307 e. The zero-order valence-electron chi connectivity index (χ0n) is 9.95. The number of rotatable bonds is 7. The number of carbonyl (C=O) groups is 1. The first-order valence-electron chi connectivity index (χ1n) is 5.81. The van der Waals surface area contributed by atoms with Crippen LogP contribution in [0.3, 0.4) is 0 Å². The van der Waals surface area contributed by atoms with Crippen LogP contribution in [0.25, 0.3) is 0 Å². The normalized spacial score (nSPS) is 12.4. The summed E-state index contributed by atoms with van der Waals surface area (Å²) in [6, 6.07) is 6.35. The highest BCUT2D eigenvalue weighted by Crippen LogP contribution is 2.03. The number of hydrogen-bond donors (Lipinski definition) is 2. The fraction of sp³-hybridized carbons (Fsp3) is 0.462. The van der Waals surface area contributed by atoms with E-state index in [1.54, 1.807) is 12.1 Å². The van der Waals surface area contributed by atoms with Crippen LogP contribution in [0.15, 0.2) is 24.3 Å². The van der Waals surface area contributed by atoms with Crippen molar-refractivity contribution in [2.24, 2.45) is 5.92 Å². The molecule has 0 saturated carbocycles. The van der Waals surface area contributed by atoms with Crippen molar-refractivity contribution in [1.82, 2.24) is 5.32 Å². The van der Waals surface area contributed by atoms with Gasteiger partial charge in [0, 0.05) is 6.54 Å². The number of nitrogens with one attached hydrogen (secondary N) is 1. The highest BCUT2D eigenvalue weighted by atomic mass is 19.1. The van der Waals surface area contributed by atoms with Crippen LogP contribution in [0, 0.1) is 11.7 Å².